The maximum Gasteiger partial charge on any atom is 0.341 e. The fraction of sp³-hybridized carbons (Fsp3) is 0.286. The second-order valence-corrected chi connectivity index (χ2v) is 11.2. The van der Waals surface area contributed by atoms with Gasteiger partial charge in [-0.2, -0.15) is 5.26 Å². The van der Waals surface area contributed by atoms with E-state index in [1.54, 1.807) is 6.92 Å². The Balaban J connectivity index is 1.60. The molecule has 5 N–H and O–H groups in total. The van der Waals surface area contributed by atoms with Crippen LogP contribution in [0, 0.1) is 11.3 Å². The SMILES string of the molecule is CCOC(=O)c1c(NC(=O)c2sc3nc(N)c(C#N)c(-c4ccccc4)c3c2N)sc2c1CCCCCC2. The van der Waals surface area contributed by atoms with Crippen molar-refractivity contribution >= 4 is 61.3 Å². The topological polar surface area (TPSA) is 144 Å². The molecular formula is C28H27N5O3S2. The van der Waals surface area contributed by atoms with Gasteiger partial charge in [-0.3, -0.25) is 4.79 Å². The lowest BCUT2D eigenvalue weighted by Gasteiger charge is -2.11. The number of hydrogen-bond donors (Lipinski definition) is 3. The first-order valence-corrected chi connectivity index (χ1v) is 14.2. The highest BCUT2D eigenvalue weighted by atomic mass is 32.1. The molecule has 0 aliphatic heterocycles. The van der Waals surface area contributed by atoms with Crippen molar-refractivity contribution in [3.05, 3.63) is 56.8 Å². The number of rotatable bonds is 5. The molecule has 8 nitrogen and oxygen atoms in total. The summed E-state index contributed by atoms with van der Waals surface area (Å²) in [5.74, 6) is -0.791. The van der Waals surface area contributed by atoms with Crippen LogP contribution in [0.5, 0.6) is 0 Å². The van der Waals surface area contributed by atoms with Crippen molar-refractivity contribution in [3.63, 3.8) is 0 Å². The maximum absolute atomic E-state index is 13.6. The van der Waals surface area contributed by atoms with E-state index in [0.29, 0.717) is 26.3 Å². The normalized spacial score (nSPS) is 13.3. The maximum atomic E-state index is 13.6. The molecule has 4 aromatic rings. The molecule has 0 unspecified atom stereocenters. The fourth-order valence-corrected chi connectivity index (χ4v) is 7.21. The van der Waals surface area contributed by atoms with Gasteiger partial charge in [-0.25, -0.2) is 9.78 Å². The number of thiophene rings is 2. The molecule has 194 valence electrons. The summed E-state index contributed by atoms with van der Waals surface area (Å²) in [6.45, 7) is 2.01. The van der Waals surface area contributed by atoms with Crippen LogP contribution in [-0.2, 0) is 17.6 Å². The van der Waals surface area contributed by atoms with Crippen molar-refractivity contribution in [3.8, 4) is 17.2 Å². The highest BCUT2D eigenvalue weighted by molar-refractivity contribution is 7.21. The Morgan fingerprint density at radius 1 is 1.11 bits per heavy atom. The molecular weight excluding hydrogens is 518 g/mol. The van der Waals surface area contributed by atoms with Gasteiger partial charge in [0.25, 0.3) is 5.91 Å². The van der Waals surface area contributed by atoms with Gasteiger partial charge in [0.15, 0.2) is 0 Å². The van der Waals surface area contributed by atoms with Crippen LogP contribution < -0.4 is 16.8 Å². The minimum absolute atomic E-state index is 0.0784. The van der Waals surface area contributed by atoms with Gasteiger partial charge in [-0.1, -0.05) is 43.2 Å². The Bertz CT molecular complexity index is 1580. The van der Waals surface area contributed by atoms with E-state index in [0.717, 1.165) is 65.9 Å². The number of aryl methyl sites for hydroxylation is 1. The number of esters is 1. The van der Waals surface area contributed by atoms with Crippen molar-refractivity contribution in [1.29, 1.82) is 5.26 Å². The smallest absolute Gasteiger partial charge is 0.341 e. The largest absolute Gasteiger partial charge is 0.462 e. The first kappa shape index (κ1) is 25.7. The number of nitriles is 1. The van der Waals surface area contributed by atoms with E-state index in [1.165, 1.54) is 11.3 Å². The van der Waals surface area contributed by atoms with E-state index in [4.69, 9.17) is 16.2 Å². The predicted molar refractivity (Wildman–Crippen MR) is 153 cm³/mol. The molecule has 0 spiro atoms. The summed E-state index contributed by atoms with van der Waals surface area (Å²) in [5.41, 5.74) is 15.9. The molecule has 0 fully saturated rings. The monoisotopic (exact) mass is 545 g/mol. The number of carbonyl (C=O) groups is 2. The van der Waals surface area contributed by atoms with Gasteiger partial charge in [0.05, 0.1) is 17.9 Å². The Morgan fingerprint density at radius 3 is 2.55 bits per heavy atom. The second kappa shape index (κ2) is 10.8. The first-order chi connectivity index (χ1) is 18.4. The summed E-state index contributed by atoms with van der Waals surface area (Å²) >= 11 is 2.55. The van der Waals surface area contributed by atoms with Gasteiger partial charge in [0.2, 0.25) is 0 Å². The molecule has 0 bridgehead atoms. The lowest BCUT2D eigenvalue weighted by atomic mass is 9.96. The zero-order valence-corrected chi connectivity index (χ0v) is 22.6. The number of aromatic nitrogens is 1. The van der Waals surface area contributed by atoms with Crippen molar-refractivity contribution in [2.45, 2.75) is 45.4 Å². The number of nitrogen functional groups attached to an aromatic ring is 2. The third-order valence-corrected chi connectivity index (χ3v) is 8.97. The number of amides is 1. The lowest BCUT2D eigenvalue weighted by molar-refractivity contribution is 0.0526. The van der Waals surface area contributed by atoms with E-state index in [-0.39, 0.29) is 28.6 Å². The van der Waals surface area contributed by atoms with Crippen molar-refractivity contribution in [2.75, 3.05) is 23.4 Å². The summed E-state index contributed by atoms with van der Waals surface area (Å²) in [6.07, 6.45) is 5.94. The number of benzene rings is 1. The summed E-state index contributed by atoms with van der Waals surface area (Å²) in [7, 11) is 0. The minimum atomic E-state index is -0.443. The van der Waals surface area contributed by atoms with Gasteiger partial charge < -0.3 is 21.5 Å². The number of hydrogen-bond acceptors (Lipinski definition) is 9. The number of anilines is 3. The van der Waals surface area contributed by atoms with E-state index in [1.807, 2.05) is 30.3 Å². The molecule has 10 heteroatoms. The average Bonchev–Trinajstić information content (AvgIpc) is 3.40. The third-order valence-electron chi connectivity index (χ3n) is 6.66. The Labute approximate surface area is 228 Å². The standard InChI is InChI=1S/C28H27N5O3S2/c1-2-36-28(35)20-16-12-8-3-4-9-13-18(16)37-26(20)33-25(34)23-22(30)21-19(15-10-6-5-7-11-15)17(14-29)24(31)32-27(21)38-23/h5-7,10-11H,2-4,8-9,12-13,30H2,1H3,(H2,31,32)(H,33,34). The molecule has 1 amide bonds. The molecule has 5 rings (SSSR count). The van der Waals surface area contributed by atoms with Gasteiger partial charge in [-0.05, 0) is 43.7 Å². The van der Waals surface area contributed by atoms with Crippen LogP contribution >= 0.6 is 22.7 Å². The van der Waals surface area contributed by atoms with Gasteiger partial charge in [0.1, 0.15) is 32.2 Å². The molecule has 0 atom stereocenters. The van der Waals surface area contributed by atoms with Crippen molar-refractivity contribution in [2.24, 2.45) is 0 Å². The molecule has 1 aromatic carbocycles. The average molecular weight is 546 g/mol. The number of nitrogens with two attached hydrogens (primary N) is 2. The number of nitrogens with one attached hydrogen (secondary N) is 1. The molecule has 3 heterocycles. The van der Waals surface area contributed by atoms with Crippen molar-refractivity contribution in [1.82, 2.24) is 4.98 Å². The quantitative estimate of drug-likeness (QED) is 0.255. The van der Waals surface area contributed by atoms with Crippen LogP contribution in [0.2, 0.25) is 0 Å². The molecule has 0 radical (unpaired) electrons. The molecule has 0 saturated heterocycles. The molecule has 3 aromatic heterocycles. The molecule has 1 aliphatic carbocycles. The molecule has 38 heavy (non-hydrogen) atoms. The first-order valence-electron chi connectivity index (χ1n) is 12.5. The fourth-order valence-electron chi connectivity index (χ4n) is 4.93. The van der Waals surface area contributed by atoms with Crippen LogP contribution in [0.25, 0.3) is 21.3 Å². The second-order valence-electron chi connectivity index (χ2n) is 9.05. The van der Waals surface area contributed by atoms with Crippen LogP contribution in [0.15, 0.2) is 30.3 Å². The molecule has 0 saturated carbocycles. The van der Waals surface area contributed by atoms with Crippen LogP contribution in [-0.4, -0.2) is 23.5 Å². The minimum Gasteiger partial charge on any atom is -0.462 e. The van der Waals surface area contributed by atoms with Gasteiger partial charge >= 0.3 is 5.97 Å². The molecule has 1 aliphatic rings. The van der Waals surface area contributed by atoms with E-state index in [9.17, 15) is 14.9 Å². The van der Waals surface area contributed by atoms with Crippen molar-refractivity contribution < 1.29 is 14.3 Å². The Hall–Kier alpha value is -3.94. The van der Waals surface area contributed by atoms with E-state index < -0.39 is 11.9 Å². The number of ether oxygens (including phenoxy) is 1. The zero-order chi connectivity index (χ0) is 26.8. The summed E-state index contributed by atoms with van der Waals surface area (Å²) in [6, 6.07) is 11.4. The van der Waals surface area contributed by atoms with Gasteiger partial charge in [0, 0.05) is 15.8 Å². The number of carbonyl (C=O) groups excluding carboxylic acids is 2. The van der Waals surface area contributed by atoms with Crippen LogP contribution in [0.1, 0.15) is 68.6 Å². The third kappa shape index (κ3) is 4.59. The summed E-state index contributed by atoms with van der Waals surface area (Å²) < 4.78 is 5.37. The Morgan fingerprint density at radius 2 is 1.84 bits per heavy atom. The summed E-state index contributed by atoms with van der Waals surface area (Å²) in [4.78, 5) is 32.8. The highest BCUT2D eigenvalue weighted by Crippen LogP contribution is 2.43. The zero-order valence-electron chi connectivity index (χ0n) is 20.9. The number of nitrogens with zero attached hydrogens (tertiary/aromatic N) is 2. The predicted octanol–water partition coefficient (Wildman–Crippen LogP) is 6.15. The Kier molecular flexibility index (Phi) is 7.31. The van der Waals surface area contributed by atoms with E-state index in [2.05, 4.69) is 16.4 Å². The lowest BCUT2D eigenvalue weighted by Crippen LogP contribution is -2.15. The summed E-state index contributed by atoms with van der Waals surface area (Å²) in [5, 5.41) is 13.8. The van der Waals surface area contributed by atoms with Crippen LogP contribution in [0.3, 0.4) is 0 Å². The number of fused-ring (bicyclic) bond motifs is 2. The van der Waals surface area contributed by atoms with E-state index >= 15 is 0 Å². The highest BCUT2D eigenvalue weighted by Gasteiger charge is 2.29. The van der Waals surface area contributed by atoms with Gasteiger partial charge in [-0.15, -0.1) is 22.7 Å². The number of pyridine rings is 1. The van der Waals surface area contributed by atoms with Crippen LogP contribution in [0.4, 0.5) is 16.5 Å².